The quantitative estimate of drug-likeness (QED) is 0.233. The molecule has 4 rings (SSSR count). The molecule has 0 saturated heterocycles. The standard InChI is InChI=1S/C31H29N3/c1-33(2)29-15-10-24(11-16-29)26-14-19-31(25-12-17-30(18-13-25)34(3)4)27(20-26)21-28(22-32)23-8-6-5-7-9-23/h5-21H,1-4H3/b28-21-. The highest BCUT2D eigenvalue weighted by molar-refractivity contribution is 5.94. The van der Waals surface area contributed by atoms with Gasteiger partial charge in [0.15, 0.2) is 0 Å². The number of nitrogens with zero attached hydrogens (tertiary/aromatic N) is 3. The summed E-state index contributed by atoms with van der Waals surface area (Å²) >= 11 is 0. The van der Waals surface area contributed by atoms with E-state index in [1.165, 1.54) is 0 Å². The third-order valence-electron chi connectivity index (χ3n) is 5.97. The fourth-order valence-corrected chi connectivity index (χ4v) is 3.97. The van der Waals surface area contributed by atoms with Crippen LogP contribution in [-0.2, 0) is 0 Å². The summed E-state index contributed by atoms with van der Waals surface area (Å²) in [6.07, 6.45) is 2.00. The first-order valence-electron chi connectivity index (χ1n) is 11.3. The molecule has 0 atom stereocenters. The normalized spacial score (nSPS) is 11.1. The summed E-state index contributed by atoms with van der Waals surface area (Å²) in [6.45, 7) is 0. The van der Waals surface area contributed by atoms with Gasteiger partial charge in [-0.15, -0.1) is 0 Å². The van der Waals surface area contributed by atoms with Crippen LogP contribution >= 0.6 is 0 Å². The van der Waals surface area contributed by atoms with Crippen molar-refractivity contribution in [2.24, 2.45) is 0 Å². The topological polar surface area (TPSA) is 30.3 Å². The van der Waals surface area contributed by atoms with Crippen LogP contribution in [-0.4, -0.2) is 28.2 Å². The molecule has 34 heavy (non-hydrogen) atoms. The van der Waals surface area contributed by atoms with E-state index in [1.54, 1.807) is 0 Å². The predicted octanol–water partition coefficient (Wildman–Crippen LogP) is 7.22. The molecular formula is C31H29N3. The highest BCUT2D eigenvalue weighted by Gasteiger charge is 2.10. The van der Waals surface area contributed by atoms with Crippen molar-refractivity contribution in [3.63, 3.8) is 0 Å². The lowest BCUT2D eigenvalue weighted by Gasteiger charge is -2.15. The van der Waals surface area contributed by atoms with Crippen LogP contribution < -0.4 is 9.80 Å². The maximum atomic E-state index is 9.94. The summed E-state index contributed by atoms with van der Waals surface area (Å²) < 4.78 is 0. The number of anilines is 2. The Bertz CT molecular complexity index is 1320. The fourth-order valence-electron chi connectivity index (χ4n) is 3.97. The van der Waals surface area contributed by atoms with Crippen molar-refractivity contribution < 1.29 is 0 Å². The second kappa shape index (κ2) is 10.1. The first kappa shape index (κ1) is 22.9. The van der Waals surface area contributed by atoms with E-state index in [2.05, 4.69) is 82.6 Å². The van der Waals surface area contributed by atoms with Gasteiger partial charge < -0.3 is 9.80 Å². The van der Waals surface area contributed by atoms with Gasteiger partial charge in [0.1, 0.15) is 0 Å². The second-order valence-corrected chi connectivity index (χ2v) is 8.72. The molecular weight excluding hydrogens is 414 g/mol. The van der Waals surface area contributed by atoms with Gasteiger partial charge in [-0.25, -0.2) is 0 Å². The van der Waals surface area contributed by atoms with E-state index in [0.717, 1.165) is 44.8 Å². The number of allylic oxidation sites excluding steroid dienone is 1. The Balaban J connectivity index is 1.84. The Kier molecular flexibility index (Phi) is 6.80. The molecule has 0 heterocycles. The van der Waals surface area contributed by atoms with E-state index < -0.39 is 0 Å². The van der Waals surface area contributed by atoms with E-state index in [4.69, 9.17) is 0 Å². The van der Waals surface area contributed by atoms with Crippen LogP contribution in [0.2, 0.25) is 0 Å². The Morgan fingerprint density at radius 3 is 1.71 bits per heavy atom. The molecule has 3 nitrogen and oxygen atoms in total. The Morgan fingerprint density at radius 1 is 0.647 bits per heavy atom. The Hall–Kier alpha value is -4.29. The van der Waals surface area contributed by atoms with Crippen LogP contribution in [0.4, 0.5) is 11.4 Å². The van der Waals surface area contributed by atoms with Gasteiger partial charge in [0.05, 0.1) is 11.6 Å². The number of hydrogen-bond donors (Lipinski definition) is 0. The van der Waals surface area contributed by atoms with Crippen molar-refractivity contribution in [3.8, 4) is 28.3 Å². The van der Waals surface area contributed by atoms with Crippen molar-refractivity contribution >= 4 is 23.0 Å². The van der Waals surface area contributed by atoms with Gasteiger partial charge in [0, 0.05) is 39.6 Å². The molecule has 0 aliphatic heterocycles. The van der Waals surface area contributed by atoms with Crippen LogP contribution in [0.3, 0.4) is 0 Å². The number of nitriles is 1. The van der Waals surface area contributed by atoms with Gasteiger partial charge >= 0.3 is 0 Å². The minimum Gasteiger partial charge on any atom is -0.378 e. The van der Waals surface area contributed by atoms with Gasteiger partial charge in [-0.2, -0.15) is 5.26 Å². The zero-order valence-corrected chi connectivity index (χ0v) is 20.2. The maximum absolute atomic E-state index is 9.94. The monoisotopic (exact) mass is 443 g/mol. The van der Waals surface area contributed by atoms with Crippen molar-refractivity contribution in [3.05, 3.63) is 108 Å². The average molecular weight is 444 g/mol. The lowest BCUT2D eigenvalue weighted by Crippen LogP contribution is -2.08. The second-order valence-electron chi connectivity index (χ2n) is 8.72. The van der Waals surface area contributed by atoms with Crippen LogP contribution in [0.1, 0.15) is 11.1 Å². The van der Waals surface area contributed by atoms with Crippen molar-refractivity contribution in [2.75, 3.05) is 38.0 Å². The van der Waals surface area contributed by atoms with E-state index in [1.807, 2.05) is 64.6 Å². The molecule has 3 heteroatoms. The Morgan fingerprint density at radius 2 is 1.18 bits per heavy atom. The zero-order chi connectivity index (χ0) is 24.1. The van der Waals surface area contributed by atoms with E-state index in [-0.39, 0.29) is 0 Å². The number of benzene rings is 4. The minimum atomic E-state index is 0.645. The van der Waals surface area contributed by atoms with Crippen molar-refractivity contribution in [2.45, 2.75) is 0 Å². The molecule has 0 N–H and O–H groups in total. The smallest absolute Gasteiger partial charge is 0.0998 e. The highest BCUT2D eigenvalue weighted by atomic mass is 15.1. The Labute approximate surface area is 202 Å². The summed E-state index contributed by atoms with van der Waals surface area (Å²) in [5, 5.41) is 9.94. The summed E-state index contributed by atoms with van der Waals surface area (Å²) in [5.41, 5.74) is 9.39. The first-order valence-corrected chi connectivity index (χ1v) is 11.3. The predicted molar refractivity (Wildman–Crippen MR) is 146 cm³/mol. The first-order chi connectivity index (χ1) is 16.5. The summed E-state index contributed by atoms with van der Waals surface area (Å²) in [5.74, 6) is 0. The SMILES string of the molecule is CN(C)c1ccc(-c2ccc(-c3ccc(N(C)C)cc3)c(/C=C(/C#N)c3ccccc3)c2)cc1. The lowest BCUT2D eigenvalue weighted by molar-refractivity contribution is 1.13. The van der Waals surface area contributed by atoms with Crippen molar-refractivity contribution in [1.29, 1.82) is 5.26 Å². The average Bonchev–Trinajstić information content (AvgIpc) is 2.87. The third kappa shape index (κ3) is 5.03. The van der Waals surface area contributed by atoms with Crippen molar-refractivity contribution in [1.82, 2.24) is 0 Å². The van der Waals surface area contributed by atoms with Gasteiger partial charge in [-0.3, -0.25) is 0 Å². The zero-order valence-electron chi connectivity index (χ0n) is 20.2. The molecule has 0 aromatic heterocycles. The van der Waals surface area contributed by atoms with Gasteiger partial charge in [0.2, 0.25) is 0 Å². The maximum Gasteiger partial charge on any atom is 0.0998 e. The molecule has 0 amide bonds. The molecule has 0 aliphatic rings. The molecule has 4 aromatic rings. The van der Waals surface area contributed by atoms with E-state index in [0.29, 0.717) is 5.57 Å². The summed E-state index contributed by atoms with van der Waals surface area (Å²) in [7, 11) is 8.17. The molecule has 0 unspecified atom stereocenters. The van der Waals surface area contributed by atoms with Gasteiger partial charge in [-0.05, 0) is 69.8 Å². The molecule has 0 bridgehead atoms. The molecule has 168 valence electrons. The van der Waals surface area contributed by atoms with E-state index >= 15 is 0 Å². The molecule has 4 aromatic carbocycles. The number of rotatable bonds is 6. The van der Waals surface area contributed by atoms with Gasteiger partial charge in [0.25, 0.3) is 0 Å². The van der Waals surface area contributed by atoms with E-state index in [9.17, 15) is 5.26 Å². The molecule has 0 aliphatic carbocycles. The highest BCUT2D eigenvalue weighted by Crippen LogP contribution is 2.33. The largest absolute Gasteiger partial charge is 0.378 e. The van der Waals surface area contributed by atoms with Crippen LogP contribution in [0, 0.1) is 11.3 Å². The molecule has 0 fully saturated rings. The number of hydrogen-bond acceptors (Lipinski definition) is 3. The molecule has 0 spiro atoms. The fraction of sp³-hybridized carbons (Fsp3) is 0.129. The molecule has 0 saturated carbocycles. The lowest BCUT2D eigenvalue weighted by atomic mass is 9.92. The minimum absolute atomic E-state index is 0.645. The van der Waals surface area contributed by atoms with Gasteiger partial charge in [-0.1, -0.05) is 66.7 Å². The third-order valence-corrected chi connectivity index (χ3v) is 5.97. The van der Waals surface area contributed by atoms with Crippen LogP contribution in [0.25, 0.3) is 33.9 Å². The van der Waals surface area contributed by atoms with Crippen LogP contribution in [0.15, 0.2) is 97.1 Å². The summed E-state index contributed by atoms with van der Waals surface area (Å²) in [4.78, 5) is 4.19. The summed E-state index contributed by atoms with van der Waals surface area (Å²) in [6, 6.07) is 35.8. The van der Waals surface area contributed by atoms with Crippen LogP contribution in [0.5, 0.6) is 0 Å². The molecule has 0 radical (unpaired) electrons.